The number of hydrogen-bond donors (Lipinski definition) is 3. The topological polar surface area (TPSA) is 87.2 Å². The van der Waals surface area contributed by atoms with Crippen LogP contribution in [-0.2, 0) is 4.79 Å². The first kappa shape index (κ1) is 9.45. The van der Waals surface area contributed by atoms with E-state index in [4.69, 9.17) is 16.2 Å². The highest BCUT2D eigenvalue weighted by Crippen LogP contribution is 1.98. The number of nitrogens with two attached hydrogens (primary N) is 1. The third-order valence-corrected chi connectivity index (χ3v) is 1.81. The van der Waals surface area contributed by atoms with E-state index in [-0.39, 0.29) is 0 Å². The SMILES string of the molecule is N=CCSC[C@H](N)C(=O)O. The van der Waals surface area contributed by atoms with Crippen LogP contribution in [0.5, 0.6) is 0 Å². The molecule has 0 aliphatic carbocycles. The number of aliphatic carboxylic acids is 1. The Balaban J connectivity index is 3.30. The molecular weight excluding hydrogens is 152 g/mol. The summed E-state index contributed by atoms with van der Waals surface area (Å²) in [7, 11) is 0. The van der Waals surface area contributed by atoms with Crippen molar-refractivity contribution in [3.05, 3.63) is 0 Å². The lowest BCUT2D eigenvalue weighted by molar-refractivity contribution is -0.137. The van der Waals surface area contributed by atoms with Crippen molar-refractivity contribution in [3.63, 3.8) is 0 Å². The summed E-state index contributed by atoms with van der Waals surface area (Å²) in [5.41, 5.74) is 5.16. The maximum absolute atomic E-state index is 10.1. The molecule has 58 valence electrons. The van der Waals surface area contributed by atoms with E-state index in [9.17, 15) is 4.79 Å². The standard InChI is InChI=1S/C5H10N2O2S/c6-1-2-10-3-4(7)5(8)9/h1,4,6H,2-3,7H2,(H,8,9)/t4-/m0/s1. The first-order valence-corrected chi connectivity index (χ1v) is 3.89. The van der Waals surface area contributed by atoms with Crippen LogP contribution >= 0.6 is 11.8 Å². The molecule has 5 heteroatoms. The molecule has 4 nitrogen and oxygen atoms in total. The zero-order chi connectivity index (χ0) is 7.98. The fourth-order valence-corrected chi connectivity index (χ4v) is 0.976. The Morgan fingerprint density at radius 2 is 2.50 bits per heavy atom. The van der Waals surface area contributed by atoms with Gasteiger partial charge in [-0.3, -0.25) is 4.79 Å². The minimum Gasteiger partial charge on any atom is -0.480 e. The van der Waals surface area contributed by atoms with Crippen LogP contribution in [-0.4, -0.2) is 34.8 Å². The number of carbonyl (C=O) groups is 1. The van der Waals surface area contributed by atoms with Gasteiger partial charge in [0, 0.05) is 17.7 Å². The van der Waals surface area contributed by atoms with Gasteiger partial charge in [0.05, 0.1) is 0 Å². The number of carboxylic acid groups (broad SMARTS) is 1. The van der Waals surface area contributed by atoms with Gasteiger partial charge >= 0.3 is 5.97 Å². The molecule has 0 fully saturated rings. The van der Waals surface area contributed by atoms with Gasteiger partial charge in [0.2, 0.25) is 0 Å². The maximum Gasteiger partial charge on any atom is 0.321 e. The van der Waals surface area contributed by atoms with Crippen molar-refractivity contribution in [2.45, 2.75) is 6.04 Å². The largest absolute Gasteiger partial charge is 0.480 e. The van der Waals surface area contributed by atoms with E-state index in [0.29, 0.717) is 11.5 Å². The molecule has 0 bridgehead atoms. The molecular formula is C5H10N2O2S. The summed E-state index contributed by atoms with van der Waals surface area (Å²) in [4.78, 5) is 10.1. The highest BCUT2D eigenvalue weighted by molar-refractivity contribution is 7.99. The average molecular weight is 162 g/mol. The number of carboxylic acids is 1. The molecule has 0 aromatic heterocycles. The normalized spacial score (nSPS) is 12.5. The molecule has 0 radical (unpaired) electrons. The molecule has 0 saturated heterocycles. The molecule has 0 saturated carbocycles. The molecule has 0 amide bonds. The van der Waals surface area contributed by atoms with Crippen LogP contribution in [0, 0.1) is 5.41 Å². The molecule has 0 unspecified atom stereocenters. The Morgan fingerprint density at radius 3 is 2.90 bits per heavy atom. The van der Waals surface area contributed by atoms with Crippen molar-refractivity contribution in [3.8, 4) is 0 Å². The molecule has 0 heterocycles. The van der Waals surface area contributed by atoms with E-state index in [1.807, 2.05) is 0 Å². The summed E-state index contributed by atoms with van der Waals surface area (Å²) in [5, 5.41) is 14.9. The van der Waals surface area contributed by atoms with Gasteiger partial charge in [0.1, 0.15) is 6.04 Å². The quantitative estimate of drug-likeness (QED) is 0.385. The number of rotatable bonds is 5. The second-order valence-corrected chi connectivity index (χ2v) is 2.76. The van der Waals surface area contributed by atoms with Gasteiger partial charge < -0.3 is 16.2 Å². The van der Waals surface area contributed by atoms with Gasteiger partial charge in [0.25, 0.3) is 0 Å². The number of thioether (sulfide) groups is 1. The van der Waals surface area contributed by atoms with Crippen LogP contribution in [0.15, 0.2) is 0 Å². The van der Waals surface area contributed by atoms with Crippen LogP contribution < -0.4 is 5.73 Å². The predicted molar refractivity (Wildman–Crippen MR) is 41.7 cm³/mol. The summed E-state index contributed by atoms with van der Waals surface area (Å²) >= 11 is 1.34. The second kappa shape index (κ2) is 5.25. The van der Waals surface area contributed by atoms with Gasteiger partial charge in [-0.25, -0.2) is 0 Å². The van der Waals surface area contributed by atoms with Gasteiger partial charge in [-0.2, -0.15) is 11.8 Å². The molecule has 0 spiro atoms. The lowest BCUT2D eigenvalue weighted by Gasteiger charge is -2.02. The van der Waals surface area contributed by atoms with Crippen molar-refractivity contribution in [2.24, 2.45) is 5.73 Å². The van der Waals surface area contributed by atoms with E-state index < -0.39 is 12.0 Å². The van der Waals surface area contributed by atoms with Gasteiger partial charge in [-0.05, 0) is 0 Å². The van der Waals surface area contributed by atoms with E-state index in [1.54, 1.807) is 0 Å². The van der Waals surface area contributed by atoms with Crippen molar-refractivity contribution in [2.75, 3.05) is 11.5 Å². The van der Waals surface area contributed by atoms with Crippen LogP contribution in [0.2, 0.25) is 0 Å². The Bertz CT molecular complexity index is 129. The first-order chi connectivity index (χ1) is 4.68. The molecule has 0 rings (SSSR count). The minimum atomic E-state index is -0.988. The van der Waals surface area contributed by atoms with Gasteiger partial charge in [-0.1, -0.05) is 0 Å². The van der Waals surface area contributed by atoms with Crippen LogP contribution in [0.4, 0.5) is 0 Å². The lowest BCUT2D eigenvalue weighted by Crippen LogP contribution is -2.32. The molecule has 0 aromatic rings. The van der Waals surface area contributed by atoms with E-state index in [2.05, 4.69) is 0 Å². The zero-order valence-electron chi connectivity index (χ0n) is 5.41. The summed E-state index contributed by atoms with van der Waals surface area (Å²) < 4.78 is 0. The molecule has 0 aliphatic heterocycles. The third kappa shape index (κ3) is 4.34. The van der Waals surface area contributed by atoms with E-state index >= 15 is 0 Å². The Morgan fingerprint density at radius 1 is 1.90 bits per heavy atom. The fourth-order valence-electron chi connectivity index (χ4n) is 0.325. The lowest BCUT2D eigenvalue weighted by atomic mass is 10.4. The minimum absolute atomic E-state index is 0.366. The summed E-state index contributed by atoms with van der Waals surface area (Å²) in [6.45, 7) is 0. The van der Waals surface area contributed by atoms with Gasteiger partial charge in [0.15, 0.2) is 0 Å². The molecule has 4 N–H and O–H groups in total. The van der Waals surface area contributed by atoms with Crippen molar-refractivity contribution in [1.29, 1.82) is 5.41 Å². The molecule has 10 heavy (non-hydrogen) atoms. The monoisotopic (exact) mass is 162 g/mol. The second-order valence-electron chi connectivity index (χ2n) is 1.69. The number of hydrogen-bond acceptors (Lipinski definition) is 4. The third-order valence-electron chi connectivity index (χ3n) is 0.816. The maximum atomic E-state index is 10.1. The highest BCUT2D eigenvalue weighted by atomic mass is 32.2. The molecule has 0 aliphatic rings. The Kier molecular flexibility index (Phi) is 4.96. The molecule has 0 aromatic carbocycles. The zero-order valence-corrected chi connectivity index (χ0v) is 6.23. The predicted octanol–water partition coefficient (Wildman–Crippen LogP) is -0.219. The van der Waals surface area contributed by atoms with Gasteiger partial charge in [-0.15, -0.1) is 0 Å². The summed E-state index contributed by atoms with van der Waals surface area (Å²) in [5.74, 6) is -0.0939. The van der Waals surface area contributed by atoms with Crippen LogP contribution in [0.3, 0.4) is 0 Å². The first-order valence-electron chi connectivity index (χ1n) is 2.73. The molecule has 1 atom stereocenters. The van der Waals surface area contributed by atoms with Crippen LogP contribution in [0.1, 0.15) is 0 Å². The van der Waals surface area contributed by atoms with E-state index in [1.165, 1.54) is 18.0 Å². The average Bonchev–Trinajstić information content (AvgIpc) is 1.88. The fraction of sp³-hybridized carbons (Fsp3) is 0.600. The highest BCUT2D eigenvalue weighted by Gasteiger charge is 2.09. The Hall–Kier alpha value is -0.550. The summed E-state index contributed by atoms with van der Waals surface area (Å²) in [6.07, 6.45) is 1.22. The Labute approximate surface area is 63.3 Å². The number of nitrogens with one attached hydrogen (secondary N) is 1. The smallest absolute Gasteiger partial charge is 0.321 e. The van der Waals surface area contributed by atoms with Crippen molar-refractivity contribution in [1.82, 2.24) is 0 Å². The summed E-state index contributed by atoms with van der Waals surface area (Å²) in [6, 6.07) is -0.801. The van der Waals surface area contributed by atoms with E-state index in [0.717, 1.165) is 0 Å². The van der Waals surface area contributed by atoms with Crippen LogP contribution in [0.25, 0.3) is 0 Å². The van der Waals surface area contributed by atoms with Crippen molar-refractivity contribution < 1.29 is 9.90 Å². The van der Waals surface area contributed by atoms with Crippen molar-refractivity contribution >= 4 is 23.9 Å².